The van der Waals surface area contributed by atoms with Crippen molar-refractivity contribution in [1.29, 1.82) is 0 Å². The summed E-state index contributed by atoms with van der Waals surface area (Å²) in [6.45, 7) is 0. The molecule has 3 heterocycles. The van der Waals surface area contributed by atoms with Gasteiger partial charge in [-0.2, -0.15) is 0 Å². The van der Waals surface area contributed by atoms with E-state index in [1.54, 1.807) is 36.5 Å². The molecule has 26 heavy (non-hydrogen) atoms. The molecule has 1 aliphatic heterocycles. The molecule has 6 heteroatoms. The Kier molecular flexibility index (Phi) is 2.85. The fraction of sp³-hybridized carbons (Fsp3) is 0. The summed E-state index contributed by atoms with van der Waals surface area (Å²) in [6, 6.07) is 14.0. The van der Waals surface area contributed by atoms with Crippen LogP contribution in [0.25, 0.3) is 27.7 Å². The van der Waals surface area contributed by atoms with Crippen LogP contribution in [0.1, 0.15) is 5.56 Å². The molecule has 4 N–H and O–H groups in total. The standard InChI is InChI=1S/C20H13N3O3/c24-10-5-6-15-12(7-10)14(9-21-15)17-8-13(19(25)23-17)18-11-3-1-2-4-16(11)22-20(18)26/h1-9,21,23-25H/i8+1,13+1. The molecule has 0 saturated carbocycles. The zero-order chi connectivity index (χ0) is 17.8. The maximum Gasteiger partial charge on any atom is 0.279 e. The van der Waals surface area contributed by atoms with Gasteiger partial charge in [0.1, 0.15) is 5.75 Å². The van der Waals surface area contributed by atoms with Crippen LogP contribution in [0.5, 0.6) is 11.6 Å². The van der Waals surface area contributed by atoms with Crippen LogP contribution < -0.4 is 10.6 Å². The van der Waals surface area contributed by atoms with Crippen LogP contribution in [0, 0.1) is 0 Å². The van der Waals surface area contributed by atoms with E-state index >= 15 is 0 Å². The van der Waals surface area contributed by atoms with Crippen molar-refractivity contribution in [3.05, 3.63) is 70.9 Å². The molecular weight excluding hydrogens is 332 g/mol. The predicted octanol–water partition coefficient (Wildman–Crippen LogP) is 1.93. The average Bonchev–Trinajstić information content (AvgIpc) is 3.28. The predicted molar refractivity (Wildman–Crippen MR) is 96.2 cm³/mol. The van der Waals surface area contributed by atoms with Crippen LogP contribution >= 0.6 is 0 Å². The monoisotopic (exact) mass is 345 g/mol. The molecule has 4 aromatic rings. The van der Waals surface area contributed by atoms with Crippen molar-refractivity contribution in [3.8, 4) is 22.9 Å². The number of hydrogen-bond acceptors (Lipinski definition) is 3. The quantitative estimate of drug-likeness (QED) is 0.446. The fourth-order valence-electron chi connectivity index (χ4n) is 3.43. The average molecular weight is 345 g/mol. The summed E-state index contributed by atoms with van der Waals surface area (Å²) in [5.41, 5.74) is 3.07. The summed E-state index contributed by atoms with van der Waals surface area (Å²) in [7, 11) is 0. The highest BCUT2D eigenvalue weighted by Gasteiger charge is 2.23. The summed E-state index contributed by atoms with van der Waals surface area (Å²) in [6.07, 6.45) is 1.79. The Morgan fingerprint density at radius 1 is 0.962 bits per heavy atom. The largest absolute Gasteiger partial charge is 0.508 e. The van der Waals surface area contributed by atoms with E-state index in [0.717, 1.165) is 16.5 Å². The highest BCUT2D eigenvalue weighted by atomic mass is 16.3. The van der Waals surface area contributed by atoms with Crippen LogP contribution in [0.15, 0.2) is 59.7 Å². The van der Waals surface area contributed by atoms with Gasteiger partial charge in [-0.3, -0.25) is 4.79 Å². The summed E-state index contributed by atoms with van der Waals surface area (Å²) < 4.78 is 0. The summed E-state index contributed by atoms with van der Waals surface area (Å²) >= 11 is 0. The Morgan fingerprint density at radius 2 is 1.81 bits per heavy atom. The minimum absolute atomic E-state index is 0.0928. The topological polar surface area (TPSA) is 101 Å². The van der Waals surface area contributed by atoms with Crippen LogP contribution in [0.4, 0.5) is 0 Å². The smallest absolute Gasteiger partial charge is 0.279 e. The molecular formula is C20H13N3O3. The number of benzene rings is 2. The number of fused-ring (bicyclic) bond motifs is 2. The summed E-state index contributed by atoms with van der Waals surface area (Å²) in [5, 5.41) is 22.3. The van der Waals surface area contributed by atoms with Crippen molar-refractivity contribution in [2.45, 2.75) is 0 Å². The van der Waals surface area contributed by atoms with Gasteiger partial charge in [0, 0.05) is 27.9 Å². The number of amides is 1. The van der Waals surface area contributed by atoms with Crippen LogP contribution in [0.3, 0.4) is 0 Å². The van der Waals surface area contributed by atoms with Crippen molar-refractivity contribution in [2.75, 3.05) is 0 Å². The number of nitrogens with zero attached hydrogens (tertiary/aromatic N) is 1. The maximum absolute atomic E-state index is 12.4. The van der Waals surface area contributed by atoms with Gasteiger partial charge in [-0.05, 0) is 30.3 Å². The van der Waals surface area contributed by atoms with Gasteiger partial charge in [-0.15, -0.1) is 0 Å². The lowest BCUT2D eigenvalue weighted by Crippen LogP contribution is -2.22. The lowest BCUT2D eigenvalue weighted by molar-refractivity contribution is -0.112. The number of rotatable bonds is 2. The van der Waals surface area contributed by atoms with E-state index in [2.05, 4.69) is 15.0 Å². The molecule has 0 saturated heterocycles. The number of nitrogens with one attached hydrogen (secondary N) is 2. The van der Waals surface area contributed by atoms with Gasteiger partial charge in [-0.1, -0.05) is 18.2 Å². The number of hydrogen-bond donors (Lipinski definition) is 4. The lowest BCUT2D eigenvalue weighted by Gasteiger charge is -1.97. The van der Waals surface area contributed by atoms with Crippen molar-refractivity contribution >= 4 is 22.4 Å². The van der Waals surface area contributed by atoms with Crippen molar-refractivity contribution in [2.24, 2.45) is 4.99 Å². The Balaban J connectivity index is 1.74. The molecule has 2 aromatic heterocycles. The first-order chi connectivity index (χ1) is 12.6. The van der Waals surface area contributed by atoms with E-state index in [4.69, 9.17) is 0 Å². The molecule has 0 unspecified atom stereocenters. The molecule has 0 bridgehead atoms. The number of aromatic hydroxyl groups is 2. The molecule has 0 spiro atoms. The first-order valence-corrected chi connectivity index (χ1v) is 8.07. The summed E-state index contributed by atoms with van der Waals surface area (Å²) in [4.78, 5) is 22.5. The van der Waals surface area contributed by atoms with Gasteiger partial charge >= 0.3 is 0 Å². The molecule has 126 valence electrons. The molecule has 0 aliphatic carbocycles. The zero-order valence-electron chi connectivity index (χ0n) is 13.4. The van der Waals surface area contributed by atoms with Crippen molar-refractivity contribution < 1.29 is 15.0 Å². The van der Waals surface area contributed by atoms with Crippen molar-refractivity contribution in [1.82, 2.24) is 9.97 Å². The van der Waals surface area contributed by atoms with E-state index in [0.29, 0.717) is 27.4 Å². The Labute approximate surface area is 146 Å². The molecule has 1 amide bonds. The molecule has 0 fully saturated rings. The number of para-hydroxylation sites is 1. The second-order valence-electron chi connectivity index (χ2n) is 6.19. The van der Waals surface area contributed by atoms with Gasteiger partial charge in [-0.25, -0.2) is 4.99 Å². The minimum atomic E-state index is -0.372. The number of carbonyl (C=O) groups excluding carboxylic acids is 1. The number of phenolic OH excluding ortho intramolecular Hbond substituents is 1. The van der Waals surface area contributed by atoms with Gasteiger partial charge in [0.05, 0.1) is 22.2 Å². The molecule has 0 radical (unpaired) electrons. The normalized spacial score (nSPS) is 13.2. The Morgan fingerprint density at radius 3 is 2.69 bits per heavy atom. The Hall–Kier alpha value is -3.80. The van der Waals surface area contributed by atoms with E-state index in [-0.39, 0.29) is 17.5 Å². The van der Waals surface area contributed by atoms with E-state index < -0.39 is 0 Å². The second-order valence-corrected chi connectivity index (χ2v) is 6.19. The Bertz CT molecular complexity index is 1330. The summed E-state index contributed by atoms with van der Waals surface area (Å²) in [5.74, 6) is -0.309. The molecule has 6 nitrogen and oxygen atoms in total. The van der Waals surface area contributed by atoms with Crippen LogP contribution in [-0.2, 0) is 4.79 Å². The number of carbonyl (C=O) groups is 1. The number of aromatic nitrogens is 2. The van der Waals surface area contributed by atoms with Crippen LogP contribution in [0.2, 0.25) is 0 Å². The highest BCUT2D eigenvalue weighted by Crippen LogP contribution is 2.35. The zero-order valence-corrected chi connectivity index (χ0v) is 13.4. The lowest BCUT2D eigenvalue weighted by atomic mass is 10.1. The first kappa shape index (κ1) is 14.5. The minimum Gasteiger partial charge on any atom is -0.508 e. The van der Waals surface area contributed by atoms with Gasteiger partial charge in [0.15, 0.2) is 5.88 Å². The molecule has 2 aromatic carbocycles. The van der Waals surface area contributed by atoms with E-state index in [1.165, 1.54) is 0 Å². The van der Waals surface area contributed by atoms with E-state index in [1.807, 2.05) is 18.2 Å². The fourth-order valence-corrected chi connectivity index (χ4v) is 3.43. The SMILES string of the molecule is O=C1N=c2ccccc2=C1[13c]1[13cH]c(-c2c[nH]c3ccc(O)cc23)[nH]c1O. The third kappa shape index (κ3) is 1.99. The first-order valence-electron chi connectivity index (χ1n) is 8.07. The van der Waals surface area contributed by atoms with Gasteiger partial charge < -0.3 is 20.2 Å². The maximum atomic E-state index is 12.4. The number of aromatic amines is 2. The van der Waals surface area contributed by atoms with Crippen molar-refractivity contribution in [3.63, 3.8) is 0 Å². The van der Waals surface area contributed by atoms with Gasteiger partial charge in [0.2, 0.25) is 0 Å². The highest BCUT2D eigenvalue weighted by molar-refractivity contribution is 6.21. The molecule has 1 aliphatic rings. The third-order valence-electron chi connectivity index (χ3n) is 4.63. The second kappa shape index (κ2) is 5.10. The molecule has 5 rings (SSSR count). The van der Waals surface area contributed by atoms with Crippen LogP contribution in [-0.4, -0.2) is 26.1 Å². The third-order valence-corrected chi connectivity index (χ3v) is 4.63. The number of H-pyrrole nitrogens is 2. The molecule has 0 atom stereocenters. The van der Waals surface area contributed by atoms with E-state index in [9.17, 15) is 15.0 Å². The number of phenols is 1. The van der Waals surface area contributed by atoms with Gasteiger partial charge in [0.25, 0.3) is 5.91 Å².